The van der Waals surface area contributed by atoms with E-state index < -0.39 is 17.9 Å². The minimum Gasteiger partial charge on any atom is -0.481 e. The zero-order chi connectivity index (χ0) is 24.4. The summed E-state index contributed by atoms with van der Waals surface area (Å²) < 4.78 is 4.87. The normalized spacial score (nSPS) is 12.2. The second-order valence-electron chi connectivity index (χ2n) is 9.36. The van der Waals surface area contributed by atoms with E-state index in [1.165, 1.54) is 109 Å². The fourth-order valence-electron chi connectivity index (χ4n) is 4.05. The summed E-state index contributed by atoms with van der Waals surface area (Å²) in [5.41, 5.74) is 0. The highest BCUT2D eigenvalue weighted by molar-refractivity contribution is 5.78. The van der Waals surface area contributed by atoms with Gasteiger partial charge in [-0.15, -0.1) is 0 Å². The van der Waals surface area contributed by atoms with Crippen molar-refractivity contribution in [3.63, 3.8) is 0 Å². The topological polar surface area (TPSA) is 63.6 Å². The molecule has 0 bridgehead atoms. The molecule has 0 aliphatic heterocycles. The Hall–Kier alpha value is -1.58. The molecule has 0 radical (unpaired) electrons. The smallest absolute Gasteiger partial charge is 0.307 e. The third kappa shape index (κ3) is 23.4. The first-order valence-electron chi connectivity index (χ1n) is 13.8. The molecule has 0 saturated carbocycles. The molecule has 0 aliphatic carbocycles. The molecule has 33 heavy (non-hydrogen) atoms. The van der Waals surface area contributed by atoms with Crippen LogP contribution in [0.15, 0.2) is 24.8 Å². The third-order valence-electron chi connectivity index (χ3n) is 6.19. The second kappa shape index (κ2) is 25.1. The van der Waals surface area contributed by atoms with Crippen molar-refractivity contribution < 1.29 is 19.4 Å². The number of esters is 1. The van der Waals surface area contributed by atoms with E-state index in [-0.39, 0.29) is 13.0 Å². The molecule has 0 aliphatic rings. The molecule has 0 heterocycles. The minimum atomic E-state index is -0.951. The van der Waals surface area contributed by atoms with E-state index in [4.69, 9.17) is 4.74 Å². The predicted molar refractivity (Wildman–Crippen MR) is 139 cm³/mol. The molecule has 0 amide bonds. The number of aliphatic carboxylic acids is 1. The Morgan fingerprint density at radius 3 is 1.64 bits per heavy atom. The number of rotatable bonds is 25. The quantitative estimate of drug-likeness (QED) is 0.0832. The van der Waals surface area contributed by atoms with Crippen LogP contribution in [-0.2, 0) is 14.3 Å². The zero-order valence-corrected chi connectivity index (χ0v) is 21.5. The van der Waals surface area contributed by atoms with E-state index in [0.717, 1.165) is 12.8 Å². The molecule has 4 nitrogen and oxygen atoms in total. The lowest BCUT2D eigenvalue weighted by Crippen LogP contribution is -2.19. The van der Waals surface area contributed by atoms with Crippen molar-refractivity contribution in [3.05, 3.63) is 24.8 Å². The van der Waals surface area contributed by atoms with Gasteiger partial charge in [-0.2, -0.15) is 0 Å². The van der Waals surface area contributed by atoms with E-state index in [9.17, 15) is 14.7 Å². The molecule has 0 aromatic rings. The maximum atomic E-state index is 11.6. The van der Waals surface area contributed by atoms with Crippen LogP contribution in [0.2, 0.25) is 0 Å². The maximum absolute atomic E-state index is 11.6. The lowest BCUT2D eigenvalue weighted by Gasteiger charge is -2.09. The number of carbonyl (C=O) groups excluding carboxylic acids is 1. The second-order valence-corrected chi connectivity index (χ2v) is 9.36. The summed E-state index contributed by atoms with van der Waals surface area (Å²) in [6.45, 7) is 5.88. The van der Waals surface area contributed by atoms with Gasteiger partial charge in [0.1, 0.15) is 6.61 Å². The average molecular weight is 465 g/mol. The SMILES string of the molecule is C=CCOC(=O)CC(C/C=C/CCCCCCCCCCCCCCCCCCC)C(=O)O. The highest BCUT2D eigenvalue weighted by atomic mass is 16.5. The van der Waals surface area contributed by atoms with Gasteiger partial charge < -0.3 is 9.84 Å². The van der Waals surface area contributed by atoms with Crippen molar-refractivity contribution in [2.75, 3.05) is 6.61 Å². The molecule has 192 valence electrons. The highest BCUT2D eigenvalue weighted by Gasteiger charge is 2.20. The number of carboxylic acids is 1. The van der Waals surface area contributed by atoms with Crippen molar-refractivity contribution in [2.24, 2.45) is 5.92 Å². The Labute approximate surface area is 204 Å². The van der Waals surface area contributed by atoms with Crippen LogP contribution in [0, 0.1) is 5.92 Å². The number of allylic oxidation sites excluding steroid dienone is 2. The van der Waals surface area contributed by atoms with Gasteiger partial charge in [-0.1, -0.05) is 134 Å². The zero-order valence-electron chi connectivity index (χ0n) is 21.5. The number of ether oxygens (including phenoxy) is 1. The lowest BCUT2D eigenvalue weighted by atomic mass is 10.0. The first-order chi connectivity index (χ1) is 16.1. The summed E-state index contributed by atoms with van der Waals surface area (Å²) in [6, 6.07) is 0. The maximum Gasteiger partial charge on any atom is 0.307 e. The summed E-state index contributed by atoms with van der Waals surface area (Å²) >= 11 is 0. The largest absolute Gasteiger partial charge is 0.481 e. The van der Waals surface area contributed by atoms with Gasteiger partial charge in [0.15, 0.2) is 0 Å². The van der Waals surface area contributed by atoms with E-state index in [1.807, 2.05) is 6.08 Å². The molecule has 1 N–H and O–H groups in total. The number of carboxylic acid groups (broad SMARTS) is 1. The van der Waals surface area contributed by atoms with Crippen molar-refractivity contribution in [3.8, 4) is 0 Å². The molecule has 0 saturated heterocycles. The van der Waals surface area contributed by atoms with Crippen molar-refractivity contribution in [1.29, 1.82) is 0 Å². The van der Waals surface area contributed by atoms with Crippen LogP contribution in [0.3, 0.4) is 0 Å². The van der Waals surface area contributed by atoms with Gasteiger partial charge in [0.25, 0.3) is 0 Å². The number of unbranched alkanes of at least 4 members (excludes halogenated alkanes) is 17. The standard InChI is InChI=1S/C29H52O4/c1-3-5-6-7-8-9-10-11-12-13-14-15-16-17-18-19-20-21-22-23-24-27(29(31)32)26-28(30)33-25-4-2/h4,22-23,27H,2-3,5-21,24-26H2,1H3,(H,31,32)/b23-22+. The van der Waals surface area contributed by atoms with E-state index in [2.05, 4.69) is 19.6 Å². The Bertz CT molecular complexity index is 498. The van der Waals surface area contributed by atoms with Gasteiger partial charge in [-0.3, -0.25) is 9.59 Å². The van der Waals surface area contributed by atoms with E-state index in [0.29, 0.717) is 6.42 Å². The third-order valence-corrected chi connectivity index (χ3v) is 6.19. The van der Waals surface area contributed by atoms with Crippen LogP contribution in [0.1, 0.15) is 135 Å². The summed E-state index contributed by atoms with van der Waals surface area (Å²) in [5.74, 6) is -2.15. The molecule has 1 unspecified atom stereocenters. The van der Waals surface area contributed by atoms with Crippen LogP contribution in [-0.4, -0.2) is 23.7 Å². The summed E-state index contributed by atoms with van der Waals surface area (Å²) in [7, 11) is 0. The van der Waals surface area contributed by atoms with Crippen molar-refractivity contribution in [1.82, 2.24) is 0 Å². The van der Waals surface area contributed by atoms with Crippen LogP contribution in [0.5, 0.6) is 0 Å². The van der Waals surface area contributed by atoms with Crippen LogP contribution >= 0.6 is 0 Å². The van der Waals surface area contributed by atoms with Crippen LogP contribution in [0.4, 0.5) is 0 Å². The Morgan fingerprint density at radius 2 is 1.21 bits per heavy atom. The average Bonchev–Trinajstić information content (AvgIpc) is 2.80. The van der Waals surface area contributed by atoms with Crippen molar-refractivity contribution in [2.45, 2.75) is 135 Å². The summed E-state index contributed by atoms with van der Waals surface area (Å²) in [6.07, 6.45) is 30.0. The molecular weight excluding hydrogens is 412 g/mol. The van der Waals surface area contributed by atoms with E-state index in [1.54, 1.807) is 0 Å². The van der Waals surface area contributed by atoms with Crippen LogP contribution in [0.25, 0.3) is 0 Å². The number of carbonyl (C=O) groups is 2. The fraction of sp³-hybridized carbons (Fsp3) is 0.793. The first kappa shape index (κ1) is 31.4. The Kier molecular flexibility index (Phi) is 23.9. The van der Waals surface area contributed by atoms with Gasteiger partial charge in [-0.25, -0.2) is 0 Å². The molecule has 4 heteroatoms. The predicted octanol–water partition coefficient (Wildman–Crippen LogP) is 8.79. The summed E-state index contributed by atoms with van der Waals surface area (Å²) in [5, 5.41) is 9.24. The lowest BCUT2D eigenvalue weighted by molar-refractivity contribution is -0.150. The Morgan fingerprint density at radius 1 is 0.758 bits per heavy atom. The van der Waals surface area contributed by atoms with Gasteiger partial charge in [0, 0.05) is 0 Å². The van der Waals surface area contributed by atoms with Crippen molar-refractivity contribution >= 4 is 11.9 Å². The number of hydrogen-bond donors (Lipinski definition) is 1. The minimum absolute atomic E-state index is 0.0906. The van der Waals surface area contributed by atoms with Gasteiger partial charge in [0.05, 0.1) is 12.3 Å². The first-order valence-corrected chi connectivity index (χ1v) is 13.8. The van der Waals surface area contributed by atoms with Gasteiger partial charge in [0.2, 0.25) is 0 Å². The molecular formula is C29H52O4. The van der Waals surface area contributed by atoms with Crippen LogP contribution < -0.4 is 0 Å². The Balaban J connectivity index is 3.44. The fourth-order valence-corrected chi connectivity index (χ4v) is 4.05. The molecule has 1 atom stereocenters. The summed E-state index contributed by atoms with van der Waals surface area (Å²) in [4.78, 5) is 22.8. The number of hydrogen-bond acceptors (Lipinski definition) is 3. The van der Waals surface area contributed by atoms with Gasteiger partial charge >= 0.3 is 11.9 Å². The molecule has 0 aromatic heterocycles. The molecule has 0 aromatic carbocycles. The highest BCUT2D eigenvalue weighted by Crippen LogP contribution is 2.15. The van der Waals surface area contributed by atoms with E-state index >= 15 is 0 Å². The molecule has 0 fully saturated rings. The molecule has 0 rings (SSSR count). The monoisotopic (exact) mass is 464 g/mol. The molecule has 0 spiro atoms. The van der Waals surface area contributed by atoms with Gasteiger partial charge in [-0.05, 0) is 19.3 Å².